The molecule has 1 aromatic carbocycles. The Morgan fingerprint density at radius 2 is 1.92 bits per heavy atom. The highest BCUT2D eigenvalue weighted by atomic mass is 32.2. The molecule has 1 aromatic heterocycles. The Labute approximate surface area is 214 Å². The van der Waals surface area contributed by atoms with Gasteiger partial charge in [0.1, 0.15) is 5.60 Å². The van der Waals surface area contributed by atoms with Crippen LogP contribution >= 0.6 is 0 Å². The fourth-order valence-corrected chi connectivity index (χ4v) is 6.15. The zero-order valence-electron chi connectivity index (χ0n) is 21.3. The number of rotatable bonds is 5. The van der Waals surface area contributed by atoms with Crippen LogP contribution in [0.3, 0.4) is 0 Å². The Hall–Kier alpha value is -2.66. The van der Waals surface area contributed by atoms with Crippen molar-refractivity contribution in [2.45, 2.75) is 51.7 Å². The number of ether oxygens (including phenoxy) is 1. The molecule has 1 N–H and O–H groups in total. The van der Waals surface area contributed by atoms with E-state index in [0.29, 0.717) is 5.95 Å². The van der Waals surface area contributed by atoms with Crippen LogP contribution in [-0.4, -0.2) is 91.1 Å². The predicted molar refractivity (Wildman–Crippen MR) is 140 cm³/mol. The summed E-state index contributed by atoms with van der Waals surface area (Å²) in [6, 6.07) is 6.40. The van der Waals surface area contributed by atoms with Gasteiger partial charge in [-0.25, -0.2) is 23.2 Å². The molecule has 0 aliphatic carbocycles. The van der Waals surface area contributed by atoms with Gasteiger partial charge in [-0.15, -0.1) is 0 Å². The number of hydrogen-bond acceptors (Lipinski definition) is 9. The number of hydrogen-bond donors (Lipinski definition) is 2. The summed E-state index contributed by atoms with van der Waals surface area (Å²) in [7, 11) is -2.38. The molecule has 0 atom stereocenters. The summed E-state index contributed by atoms with van der Waals surface area (Å²) in [5.41, 5.74) is 1.64. The van der Waals surface area contributed by atoms with Crippen molar-refractivity contribution < 1.29 is 17.9 Å². The van der Waals surface area contributed by atoms with Gasteiger partial charge in [0.15, 0.2) is 10.7 Å². The summed E-state index contributed by atoms with van der Waals surface area (Å²) < 4.78 is 27.6. The van der Waals surface area contributed by atoms with Gasteiger partial charge in [-0.3, -0.25) is 4.90 Å². The van der Waals surface area contributed by atoms with Gasteiger partial charge in [0.2, 0.25) is 5.95 Å². The van der Waals surface area contributed by atoms with E-state index in [1.165, 1.54) is 0 Å². The van der Waals surface area contributed by atoms with E-state index < -0.39 is 16.3 Å². The van der Waals surface area contributed by atoms with Gasteiger partial charge in [0.25, 0.3) is 0 Å². The summed E-state index contributed by atoms with van der Waals surface area (Å²) in [5.74, 6) is 0.737. The minimum Gasteiger partial charge on any atom is -0.444 e. The molecule has 0 saturated carbocycles. The van der Waals surface area contributed by atoms with Crippen molar-refractivity contribution in [1.82, 2.24) is 19.8 Å². The summed E-state index contributed by atoms with van der Waals surface area (Å²) >= 11 is 0. The number of nitrogens with zero attached hydrogens (tertiary/aromatic N) is 5. The molecule has 0 bridgehead atoms. The van der Waals surface area contributed by atoms with E-state index >= 15 is 0 Å². The van der Waals surface area contributed by atoms with Crippen molar-refractivity contribution in [3.05, 3.63) is 24.4 Å². The first-order chi connectivity index (χ1) is 17.1. The molecule has 11 heteroatoms. The first-order valence-electron chi connectivity index (χ1n) is 12.7. The first-order valence-corrected chi connectivity index (χ1v) is 14.0. The zero-order valence-corrected chi connectivity index (χ0v) is 22.2. The number of carbonyl (C=O) groups excluding carboxylic acids is 1. The number of thiol groups is 1. The average molecular weight is 517 g/mol. The Balaban J connectivity index is 1.23. The maximum atomic E-state index is 12.5. The second-order valence-electron chi connectivity index (χ2n) is 11.4. The van der Waals surface area contributed by atoms with Crippen molar-refractivity contribution in [1.29, 1.82) is 0 Å². The van der Waals surface area contributed by atoms with E-state index in [-0.39, 0.29) is 23.4 Å². The van der Waals surface area contributed by atoms with E-state index in [1.807, 2.05) is 48.9 Å². The molecule has 3 saturated heterocycles. The molecule has 36 heavy (non-hydrogen) atoms. The van der Waals surface area contributed by atoms with Gasteiger partial charge >= 0.3 is 6.09 Å². The van der Waals surface area contributed by atoms with Crippen LogP contribution in [0.15, 0.2) is 24.4 Å². The van der Waals surface area contributed by atoms with Crippen molar-refractivity contribution in [3.63, 3.8) is 0 Å². The zero-order chi connectivity index (χ0) is 25.5. The van der Waals surface area contributed by atoms with Crippen LogP contribution in [0.5, 0.6) is 0 Å². The maximum absolute atomic E-state index is 12.5. The minimum absolute atomic E-state index is 0.107. The minimum atomic E-state index is -2.38. The molecule has 1 amide bonds. The quantitative estimate of drug-likeness (QED) is 0.580. The van der Waals surface area contributed by atoms with Gasteiger partial charge in [-0.1, -0.05) is 12.1 Å². The van der Waals surface area contributed by atoms with Gasteiger partial charge in [0.05, 0.1) is 17.1 Å². The predicted octanol–water partition coefficient (Wildman–Crippen LogP) is 2.52. The molecule has 4 heterocycles. The van der Waals surface area contributed by atoms with Gasteiger partial charge in [-0.2, -0.15) is 0 Å². The van der Waals surface area contributed by atoms with Crippen LogP contribution in [0.1, 0.15) is 40.0 Å². The van der Waals surface area contributed by atoms with Crippen LogP contribution in [0.25, 0.3) is 10.9 Å². The van der Waals surface area contributed by atoms with Crippen LogP contribution in [0.2, 0.25) is 0 Å². The number of piperidine rings is 1. The van der Waals surface area contributed by atoms with Gasteiger partial charge in [-0.05, 0) is 46.1 Å². The Bertz CT molecular complexity index is 1190. The SMILES string of the molecule is CC(C)(C)OC(=O)N1CCC2(C1)CN(c1cccc3cnc(NC4CCN(C[SH](=O)=O)CC4)nc13)C2. The summed E-state index contributed by atoms with van der Waals surface area (Å²) in [6.45, 7) is 10.4. The van der Waals surface area contributed by atoms with E-state index in [0.717, 1.165) is 75.1 Å². The van der Waals surface area contributed by atoms with Crippen LogP contribution in [0.4, 0.5) is 16.4 Å². The lowest BCUT2D eigenvalue weighted by Crippen LogP contribution is -2.58. The average Bonchev–Trinajstić information content (AvgIpc) is 3.24. The highest BCUT2D eigenvalue weighted by Crippen LogP contribution is 2.43. The third-order valence-corrected chi connectivity index (χ3v) is 7.94. The second-order valence-corrected chi connectivity index (χ2v) is 12.4. The van der Waals surface area contributed by atoms with E-state index in [2.05, 4.69) is 21.3 Å². The Morgan fingerprint density at radius 3 is 2.61 bits per heavy atom. The number of fused-ring (bicyclic) bond motifs is 1. The van der Waals surface area contributed by atoms with Crippen LogP contribution in [0, 0.1) is 5.41 Å². The van der Waals surface area contributed by atoms with Crippen molar-refractivity contribution in [2.24, 2.45) is 5.41 Å². The second kappa shape index (κ2) is 9.66. The van der Waals surface area contributed by atoms with Crippen LogP contribution in [-0.2, 0) is 15.4 Å². The largest absolute Gasteiger partial charge is 0.444 e. The number of amides is 1. The van der Waals surface area contributed by atoms with Gasteiger partial charge in [0, 0.05) is 62.3 Å². The van der Waals surface area contributed by atoms with Gasteiger partial charge < -0.3 is 19.9 Å². The third kappa shape index (κ3) is 5.51. The smallest absolute Gasteiger partial charge is 0.410 e. The molecule has 0 unspecified atom stereocenters. The topological polar surface area (TPSA) is 108 Å². The normalized spacial score (nSPS) is 20.8. The lowest BCUT2D eigenvalue weighted by molar-refractivity contribution is 0.0265. The number of benzene rings is 1. The highest BCUT2D eigenvalue weighted by molar-refractivity contribution is 7.72. The van der Waals surface area contributed by atoms with Crippen molar-refractivity contribution in [2.75, 3.05) is 55.4 Å². The van der Waals surface area contributed by atoms with Crippen molar-refractivity contribution in [3.8, 4) is 0 Å². The monoisotopic (exact) mass is 516 g/mol. The molecule has 3 fully saturated rings. The number of anilines is 2. The lowest BCUT2D eigenvalue weighted by atomic mass is 9.78. The number of para-hydroxylation sites is 1. The first kappa shape index (κ1) is 25.0. The lowest BCUT2D eigenvalue weighted by Gasteiger charge is -2.49. The fraction of sp³-hybridized carbons (Fsp3) is 0.640. The molecular formula is C25H36N6O4S. The number of nitrogens with one attached hydrogen (secondary N) is 1. The summed E-state index contributed by atoms with van der Waals surface area (Å²) in [4.78, 5) is 28.1. The maximum Gasteiger partial charge on any atom is 0.410 e. The third-order valence-electron chi connectivity index (χ3n) is 7.31. The van der Waals surface area contributed by atoms with Crippen molar-refractivity contribution >= 4 is 39.3 Å². The molecule has 5 rings (SSSR count). The molecule has 10 nitrogen and oxygen atoms in total. The molecule has 0 radical (unpaired) electrons. The number of aromatic nitrogens is 2. The molecule has 3 aliphatic heterocycles. The Kier molecular flexibility index (Phi) is 6.71. The van der Waals surface area contributed by atoms with E-state index in [9.17, 15) is 13.2 Å². The highest BCUT2D eigenvalue weighted by Gasteiger charge is 2.49. The van der Waals surface area contributed by atoms with E-state index in [4.69, 9.17) is 9.72 Å². The summed E-state index contributed by atoms with van der Waals surface area (Å²) in [6.07, 6.45) is 4.33. The summed E-state index contributed by atoms with van der Waals surface area (Å²) in [5, 5.41) is 4.45. The Morgan fingerprint density at radius 1 is 1.17 bits per heavy atom. The molecule has 3 aliphatic rings. The molecule has 2 aromatic rings. The molecule has 1 spiro atoms. The fourth-order valence-electron chi connectivity index (χ4n) is 5.54. The number of likely N-dealkylation sites (tertiary alicyclic amines) is 2. The van der Waals surface area contributed by atoms with Crippen LogP contribution < -0.4 is 10.2 Å². The standard InChI is InChI=1S/C25H36N6O4S/c1-24(2,3)35-23(32)30-12-9-25(14-30)15-31(16-25)20-6-4-5-18-13-26-22(28-21(18)20)27-19-7-10-29(11-8-19)17-36(33)34/h4-6,13,19,36H,7-12,14-17H2,1-3H3,(H,26,27,28). The molecular weight excluding hydrogens is 480 g/mol. The number of carbonyl (C=O) groups is 1. The van der Waals surface area contributed by atoms with E-state index in [1.54, 1.807) is 0 Å². The molecule has 196 valence electrons.